The zero-order valence-electron chi connectivity index (χ0n) is 8.80. The second-order valence-electron chi connectivity index (χ2n) is 3.26. The van der Waals surface area contributed by atoms with Gasteiger partial charge in [-0.15, -0.1) is 0 Å². The quantitative estimate of drug-likeness (QED) is 0.893. The Hall–Kier alpha value is -2.01. The summed E-state index contributed by atoms with van der Waals surface area (Å²) in [4.78, 5) is 23.2. The standard InChI is InChI=1S/C11H9ClN4O/c12-10-7-14-9(6-15-10)11(17)16-5-8-1-3-13-4-2-8/h1-4,6-7H,5H2,(H,16,17). The van der Waals surface area contributed by atoms with Gasteiger partial charge in [-0.2, -0.15) is 0 Å². The molecule has 6 heteroatoms. The summed E-state index contributed by atoms with van der Waals surface area (Å²) >= 11 is 5.58. The molecule has 5 nitrogen and oxygen atoms in total. The van der Waals surface area contributed by atoms with E-state index in [1.165, 1.54) is 12.4 Å². The van der Waals surface area contributed by atoms with Gasteiger partial charge in [-0.1, -0.05) is 11.6 Å². The molecule has 0 aliphatic heterocycles. The van der Waals surface area contributed by atoms with Gasteiger partial charge in [0.1, 0.15) is 10.8 Å². The van der Waals surface area contributed by atoms with Crippen LogP contribution in [0.25, 0.3) is 0 Å². The number of amides is 1. The summed E-state index contributed by atoms with van der Waals surface area (Å²) in [7, 11) is 0. The first kappa shape index (κ1) is 11.5. The van der Waals surface area contributed by atoms with Crippen molar-refractivity contribution < 1.29 is 4.79 Å². The number of halogens is 1. The molecule has 0 spiro atoms. The number of nitrogens with zero attached hydrogens (tertiary/aromatic N) is 3. The zero-order valence-corrected chi connectivity index (χ0v) is 9.55. The predicted molar refractivity (Wildman–Crippen MR) is 62.4 cm³/mol. The summed E-state index contributed by atoms with van der Waals surface area (Å²) in [5.74, 6) is -0.286. The Morgan fingerprint density at radius 3 is 2.65 bits per heavy atom. The number of hydrogen-bond donors (Lipinski definition) is 1. The minimum atomic E-state index is -0.286. The van der Waals surface area contributed by atoms with Crippen LogP contribution in [-0.2, 0) is 6.54 Å². The third-order valence-electron chi connectivity index (χ3n) is 2.06. The number of rotatable bonds is 3. The topological polar surface area (TPSA) is 67.8 Å². The molecule has 0 bridgehead atoms. The molecule has 1 amide bonds. The van der Waals surface area contributed by atoms with Crippen LogP contribution in [0.4, 0.5) is 0 Å². The lowest BCUT2D eigenvalue weighted by Gasteiger charge is -2.03. The Morgan fingerprint density at radius 1 is 1.24 bits per heavy atom. The van der Waals surface area contributed by atoms with Crippen molar-refractivity contribution in [3.05, 3.63) is 53.3 Å². The van der Waals surface area contributed by atoms with E-state index in [1.54, 1.807) is 12.4 Å². The van der Waals surface area contributed by atoms with Crippen molar-refractivity contribution in [1.29, 1.82) is 0 Å². The van der Waals surface area contributed by atoms with E-state index in [0.717, 1.165) is 5.56 Å². The van der Waals surface area contributed by atoms with Crippen molar-refractivity contribution in [2.24, 2.45) is 0 Å². The summed E-state index contributed by atoms with van der Waals surface area (Å²) in [5, 5.41) is 2.98. The van der Waals surface area contributed by atoms with Crippen LogP contribution in [0.15, 0.2) is 36.9 Å². The fourth-order valence-electron chi connectivity index (χ4n) is 1.20. The van der Waals surface area contributed by atoms with E-state index in [9.17, 15) is 4.79 Å². The number of hydrogen-bond acceptors (Lipinski definition) is 4. The van der Waals surface area contributed by atoms with E-state index in [4.69, 9.17) is 11.6 Å². The number of aromatic nitrogens is 3. The number of nitrogens with one attached hydrogen (secondary N) is 1. The second-order valence-corrected chi connectivity index (χ2v) is 3.65. The van der Waals surface area contributed by atoms with E-state index >= 15 is 0 Å². The van der Waals surface area contributed by atoms with Crippen molar-refractivity contribution in [3.63, 3.8) is 0 Å². The molecular formula is C11H9ClN4O. The summed E-state index contributed by atoms with van der Waals surface area (Å²) < 4.78 is 0. The molecule has 2 heterocycles. The van der Waals surface area contributed by atoms with Gasteiger partial charge < -0.3 is 5.32 Å². The molecule has 1 N–H and O–H groups in total. The molecule has 86 valence electrons. The van der Waals surface area contributed by atoms with Gasteiger partial charge in [-0.3, -0.25) is 9.78 Å². The first-order valence-electron chi connectivity index (χ1n) is 4.90. The average Bonchev–Trinajstić information content (AvgIpc) is 2.38. The van der Waals surface area contributed by atoms with Crippen LogP contribution in [0.2, 0.25) is 5.15 Å². The Kier molecular flexibility index (Phi) is 3.62. The summed E-state index contributed by atoms with van der Waals surface area (Å²) in [6.07, 6.45) is 6.01. The first-order valence-corrected chi connectivity index (χ1v) is 5.28. The van der Waals surface area contributed by atoms with Gasteiger partial charge in [0, 0.05) is 18.9 Å². The second kappa shape index (κ2) is 5.36. The molecule has 2 rings (SSSR count). The van der Waals surface area contributed by atoms with Crippen LogP contribution in [0, 0.1) is 0 Å². The van der Waals surface area contributed by atoms with Crippen LogP contribution < -0.4 is 5.32 Å². The van der Waals surface area contributed by atoms with E-state index < -0.39 is 0 Å². The number of carbonyl (C=O) groups is 1. The van der Waals surface area contributed by atoms with Gasteiger partial charge in [-0.25, -0.2) is 9.97 Å². The Morgan fingerprint density at radius 2 is 2.00 bits per heavy atom. The Balaban J connectivity index is 1.96. The maximum absolute atomic E-state index is 11.7. The Labute approximate surface area is 103 Å². The van der Waals surface area contributed by atoms with Crippen molar-refractivity contribution in [3.8, 4) is 0 Å². The van der Waals surface area contributed by atoms with E-state index in [-0.39, 0.29) is 16.8 Å². The highest BCUT2D eigenvalue weighted by Gasteiger charge is 2.06. The van der Waals surface area contributed by atoms with Gasteiger partial charge >= 0.3 is 0 Å². The lowest BCUT2D eigenvalue weighted by atomic mass is 10.2. The molecule has 2 aromatic rings. The van der Waals surface area contributed by atoms with Gasteiger partial charge in [0.05, 0.1) is 12.4 Å². The zero-order chi connectivity index (χ0) is 12.1. The molecule has 0 fully saturated rings. The minimum absolute atomic E-state index is 0.239. The van der Waals surface area contributed by atoms with Crippen molar-refractivity contribution in [1.82, 2.24) is 20.3 Å². The molecule has 0 aromatic carbocycles. The third kappa shape index (κ3) is 3.22. The van der Waals surface area contributed by atoms with Gasteiger partial charge in [0.15, 0.2) is 0 Å². The smallest absolute Gasteiger partial charge is 0.271 e. The lowest BCUT2D eigenvalue weighted by Crippen LogP contribution is -2.23. The molecule has 0 saturated heterocycles. The highest BCUT2D eigenvalue weighted by molar-refractivity contribution is 6.29. The number of carbonyl (C=O) groups excluding carboxylic acids is 1. The van der Waals surface area contributed by atoms with E-state index in [1.807, 2.05) is 12.1 Å². The molecule has 2 aromatic heterocycles. The van der Waals surface area contributed by atoms with Crippen molar-refractivity contribution >= 4 is 17.5 Å². The highest BCUT2D eigenvalue weighted by atomic mass is 35.5. The Bertz CT molecular complexity index is 501. The molecule has 0 atom stereocenters. The maximum atomic E-state index is 11.7. The maximum Gasteiger partial charge on any atom is 0.271 e. The SMILES string of the molecule is O=C(NCc1ccncc1)c1cnc(Cl)cn1. The monoisotopic (exact) mass is 248 g/mol. The first-order chi connectivity index (χ1) is 8.25. The van der Waals surface area contributed by atoms with Crippen LogP contribution in [0.5, 0.6) is 0 Å². The summed E-state index contributed by atoms with van der Waals surface area (Å²) in [5.41, 5.74) is 1.21. The molecule has 0 aliphatic carbocycles. The van der Waals surface area contributed by atoms with E-state index in [2.05, 4.69) is 20.3 Å². The molecule has 0 unspecified atom stereocenters. The third-order valence-corrected chi connectivity index (χ3v) is 2.25. The average molecular weight is 249 g/mol. The van der Waals surface area contributed by atoms with Crippen molar-refractivity contribution in [2.75, 3.05) is 0 Å². The lowest BCUT2D eigenvalue weighted by molar-refractivity contribution is 0.0945. The highest BCUT2D eigenvalue weighted by Crippen LogP contribution is 2.02. The van der Waals surface area contributed by atoms with Crippen LogP contribution in [0.1, 0.15) is 16.1 Å². The molecule has 17 heavy (non-hydrogen) atoms. The largest absolute Gasteiger partial charge is 0.347 e. The normalized spacial score (nSPS) is 9.94. The predicted octanol–water partition coefficient (Wildman–Crippen LogP) is 1.45. The fraction of sp³-hybridized carbons (Fsp3) is 0.0909. The van der Waals surface area contributed by atoms with Crippen LogP contribution in [0.3, 0.4) is 0 Å². The summed E-state index contributed by atoms with van der Waals surface area (Å²) in [6.45, 7) is 0.422. The van der Waals surface area contributed by atoms with Gasteiger partial charge in [0.25, 0.3) is 5.91 Å². The van der Waals surface area contributed by atoms with Crippen LogP contribution in [-0.4, -0.2) is 20.9 Å². The minimum Gasteiger partial charge on any atom is -0.347 e. The fourth-order valence-corrected chi connectivity index (χ4v) is 1.30. The summed E-state index contributed by atoms with van der Waals surface area (Å²) in [6, 6.07) is 3.65. The van der Waals surface area contributed by atoms with Gasteiger partial charge in [0.2, 0.25) is 0 Å². The molecule has 0 saturated carbocycles. The van der Waals surface area contributed by atoms with Crippen LogP contribution >= 0.6 is 11.6 Å². The van der Waals surface area contributed by atoms with Gasteiger partial charge in [-0.05, 0) is 17.7 Å². The molecule has 0 radical (unpaired) electrons. The van der Waals surface area contributed by atoms with Crippen molar-refractivity contribution in [2.45, 2.75) is 6.54 Å². The molecule has 0 aliphatic rings. The number of pyridine rings is 1. The molecular weight excluding hydrogens is 240 g/mol. The van der Waals surface area contributed by atoms with E-state index in [0.29, 0.717) is 6.54 Å².